The molecule has 2 heterocycles. The lowest BCUT2D eigenvalue weighted by atomic mass is 9.99. The van der Waals surface area contributed by atoms with E-state index in [-0.39, 0.29) is 11.8 Å². The highest BCUT2D eigenvalue weighted by atomic mass is 32.2. The van der Waals surface area contributed by atoms with Gasteiger partial charge in [0.2, 0.25) is 5.91 Å². The van der Waals surface area contributed by atoms with E-state index in [1.165, 1.54) is 4.31 Å². The summed E-state index contributed by atoms with van der Waals surface area (Å²) in [5.74, 6) is 0.173. The van der Waals surface area contributed by atoms with Crippen molar-refractivity contribution in [3.8, 4) is 0 Å². The lowest BCUT2D eigenvalue weighted by molar-refractivity contribution is -0.119. The number of benzene rings is 2. The molecule has 2 aromatic rings. The van der Waals surface area contributed by atoms with Crippen LogP contribution in [0.3, 0.4) is 0 Å². The van der Waals surface area contributed by atoms with Crippen LogP contribution in [0.25, 0.3) is 0 Å². The predicted molar refractivity (Wildman–Crippen MR) is 96.1 cm³/mol. The molecule has 0 radical (unpaired) electrons. The first-order valence-electron chi connectivity index (χ1n) is 8.53. The molecule has 1 fully saturated rings. The zero-order chi connectivity index (χ0) is 17.4. The Kier molecular flexibility index (Phi) is 4.00. The van der Waals surface area contributed by atoms with Gasteiger partial charge < -0.3 is 5.32 Å². The maximum atomic E-state index is 13.1. The van der Waals surface area contributed by atoms with E-state index in [9.17, 15) is 13.2 Å². The first kappa shape index (κ1) is 16.1. The normalized spacial score (nSPS) is 20.2. The number of aryl methyl sites for hydroxylation is 1. The number of nitrogens with zero attached hydrogens (tertiary/aromatic N) is 1. The van der Waals surface area contributed by atoms with Gasteiger partial charge in [0.15, 0.2) is 0 Å². The fraction of sp³-hybridized carbons (Fsp3) is 0.316. The van der Waals surface area contributed by atoms with Gasteiger partial charge in [-0.3, -0.25) is 9.10 Å². The number of hydrogen-bond donors (Lipinski definition) is 1. The highest BCUT2D eigenvalue weighted by molar-refractivity contribution is 7.92. The van der Waals surface area contributed by atoms with E-state index >= 15 is 0 Å². The van der Waals surface area contributed by atoms with Crippen LogP contribution in [0.1, 0.15) is 29.9 Å². The third kappa shape index (κ3) is 2.91. The van der Waals surface area contributed by atoms with Gasteiger partial charge in [-0.2, -0.15) is 0 Å². The summed E-state index contributed by atoms with van der Waals surface area (Å²) in [7, 11) is -3.58. The maximum Gasteiger partial charge on any atom is 0.264 e. The molecular weight excluding hydrogens is 336 g/mol. The smallest absolute Gasteiger partial charge is 0.264 e. The molecule has 0 spiro atoms. The van der Waals surface area contributed by atoms with Crippen LogP contribution >= 0.6 is 0 Å². The van der Waals surface area contributed by atoms with Gasteiger partial charge in [-0.1, -0.05) is 30.3 Å². The van der Waals surface area contributed by atoms with Crippen LogP contribution in [-0.4, -0.2) is 27.4 Å². The van der Waals surface area contributed by atoms with Crippen molar-refractivity contribution in [2.24, 2.45) is 0 Å². The first-order chi connectivity index (χ1) is 12.1. The van der Waals surface area contributed by atoms with Gasteiger partial charge in [0, 0.05) is 25.4 Å². The summed E-state index contributed by atoms with van der Waals surface area (Å²) in [6.07, 6.45) is 2.19. The molecule has 1 saturated heterocycles. The Morgan fingerprint density at radius 1 is 1.04 bits per heavy atom. The monoisotopic (exact) mass is 356 g/mol. The van der Waals surface area contributed by atoms with Crippen LogP contribution in [0.4, 0.5) is 5.69 Å². The van der Waals surface area contributed by atoms with E-state index in [0.29, 0.717) is 24.4 Å². The predicted octanol–water partition coefficient (Wildman–Crippen LogP) is 2.43. The average Bonchev–Trinajstić information content (AvgIpc) is 3.08. The van der Waals surface area contributed by atoms with Gasteiger partial charge in [-0.05, 0) is 42.2 Å². The summed E-state index contributed by atoms with van der Waals surface area (Å²) >= 11 is 0. The van der Waals surface area contributed by atoms with Crippen molar-refractivity contribution < 1.29 is 13.2 Å². The van der Waals surface area contributed by atoms with Gasteiger partial charge in [0.05, 0.1) is 10.6 Å². The van der Waals surface area contributed by atoms with Gasteiger partial charge in [-0.15, -0.1) is 0 Å². The third-order valence-corrected chi connectivity index (χ3v) is 6.81. The van der Waals surface area contributed by atoms with Crippen molar-refractivity contribution in [3.05, 3.63) is 59.7 Å². The minimum absolute atomic E-state index is 0.0478. The van der Waals surface area contributed by atoms with Crippen LogP contribution in [0, 0.1) is 0 Å². The van der Waals surface area contributed by atoms with Crippen LogP contribution in [0.5, 0.6) is 0 Å². The summed E-state index contributed by atoms with van der Waals surface area (Å²) in [4.78, 5) is 11.7. The zero-order valence-corrected chi connectivity index (χ0v) is 14.6. The van der Waals surface area contributed by atoms with Crippen molar-refractivity contribution in [1.29, 1.82) is 0 Å². The quantitative estimate of drug-likeness (QED) is 0.918. The largest absolute Gasteiger partial charge is 0.355 e. The van der Waals surface area contributed by atoms with E-state index in [0.717, 1.165) is 29.7 Å². The minimum Gasteiger partial charge on any atom is -0.355 e. The van der Waals surface area contributed by atoms with E-state index in [2.05, 4.69) is 5.32 Å². The molecule has 0 saturated carbocycles. The van der Waals surface area contributed by atoms with E-state index in [1.807, 2.05) is 36.4 Å². The third-order valence-electron chi connectivity index (χ3n) is 4.98. The number of amides is 1. The molecule has 2 aliphatic heterocycles. The van der Waals surface area contributed by atoms with Crippen LogP contribution in [0.2, 0.25) is 0 Å². The standard InChI is InChI=1S/C19H20N2O3S/c22-19-12-16(13-20-19)14-7-9-17(10-8-14)25(23,24)21-11-3-5-15-4-1-2-6-18(15)21/h1-2,4,6-10,16H,3,5,11-13H2,(H,20,22)/t16-/m0/s1. The van der Waals surface area contributed by atoms with Crippen molar-refractivity contribution in [3.63, 3.8) is 0 Å². The molecule has 4 rings (SSSR count). The molecule has 0 unspecified atom stereocenters. The summed E-state index contributed by atoms with van der Waals surface area (Å²) in [6.45, 7) is 1.12. The number of carbonyl (C=O) groups is 1. The summed E-state index contributed by atoms with van der Waals surface area (Å²) in [5, 5.41) is 2.81. The molecular formula is C19H20N2O3S. The molecule has 6 heteroatoms. The Morgan fingerprint density at radius 3 is 2.52 bits per heavy atom. The lowest BCUT2D eigenvalue weighted by Gasteiger charge is -2.30. The van der Waals surface area contributed by atoms with Gasteiger partial charge >= 0.3 is 0 Å². The minimum atomic E-state index is -3.58. The van der Waals surface area contributed by atoms with Crippen LogP contribution < -0.4 is 9.62 Å². The second-order valence-corrected chi connectivity index (χ2v) is 8.45. The molecule has 1 amide bonds. The molecule has 2 aromatic carbocycles. The number of para-hydroxylation sites is 1. The average molecular weight is 356 g/mol. The number of nitrogens with one attached hydrogen (secondary N) is 1. The number of rotatable bonds is 3. The molecule has 130 valence electrons. The number of hydrogen-bond acceptors (Lipinski definition) is 3. The number of anilines is 1. The number of sulfonamides is 1. The molecule has 0 aliphatic carbocycles. The second-order valence-electron chi connectivity index (χ2n) is 6.58. The number of carbonyl (C=O) groups excluding carboxylic acids is 1. The Bertz CT molecular complexity index is 907. The highest BCUT2D eigenvalue weighted by Crippen LogP contribution is 2.32. The van der Waals surface area contributed by atoms with Crippen LogP contribution in [-0.2, 0) is 21.2 Å². The summed E-state index contributed by atoms with van der Waals surface area (Å²) in [6, 6.07) is 14.7. The molecule has 25 heavy (non-hydrogen) atoms. The fourth-order valence-corrected chi connectivity index (χ4v) is 5.17. The molecule has 5 nitrogen and oxygen atoms in total. The fourth-order valence-electron chi connectivity index (χ4n) is 3.63. The van der Waals surface area contributed by atoms with E-state index in [1.54, 1.807) is 12.1 Å². The Labute approximate surface area is 147 Å². The molecule has 0 bridgehead atoms. The Balaban J connectivity index is 1.64. The SMILES string of the molecule is O=C1C[C@H](c2ccc(S(=O)(=O)N3CCCc4ccccc43)cc2)CN1. The molecule has 0 aromatic heterocycles. The van der Waals surface area contributed by atoms with Gasteiger partial charge in [-0.25, -0.2) is 8.42 Å². The second kappa shape index (κ2) is 6.19. The zero-order valence-electron chi connectivity index (χ0n) is 13.8. The van der Waals surface area contributed by atoms with Crippen LogP contribution in [0.15, 0.2) is 53.4 Å². The molecule has 1 N–H and O–H groups in total. The van der Waals surface area contributed by atoms with E-state index in [4.69, 9.17) is 0 Å². The molecule has 1 atom stereocenters. The van der Waals surface area contributed by atoms with Gasteiger partial charge in [0.25, 0.3) is 10.0 Å². The topological polar surface area (TPSA) is 66.5 Å². The van der Waals surface area contributed by atoms with Crippen molar-refractivity contribution in [2.75, 3.05) is 17.4 Å². The Hall–Kier alpha value is -2.34. The van der Waals surface area contributed by atoms with Crippen molar-refractivity contribution in [2.45, 2.75) is 30.1 Å². The van der Waals surface area contributed by atoms with E-state index < -0.39 is 10.0 Å². The van der Waals surface area contributed by atoms with Gasteiger partial charge in [0.1, 0.15) is 0 Å². The maximum absolute atomic E-state index is 13.1. The van der Waals surface area contributed by atoms with Crippen molar-refractivity contribution >= 4 is 21.6 Å². The lowest BCUT2D eigenvalue weighted by Crippen LogP contribution is -2.35. The number of fused-ring (bicyclic) bond motifs is 1. The molecule has 2 aliphatic rings. The van der Waals surface area contributed by atoms with Crippen molar-refractivity contribution in [1.82, 2.24) is 5.32 Å². The highest BCUT2D eigenvalue weighted by Gasteiger charge is 2.29. The Morgan fingerprint density at radius 2 is 1.80 bits per heavy atom. The first-order valence-corrected chi connectivity index (χ1v) is 9.97. The summed E-state index contributed by atoms with van der Waals surface area (Å²) < 4.78 is 27.7. The summed E-state index contributed by atoms with van der Waals surface area (Å²) in [5.41, 5.74) is 2.85.